The van der Waals surface area contributed by atoms with Crippen LogP contribution in [0.25, 0.3) is 10.6 Å². The lowest BCUT2D eigenvalue weighted by molar-refractivity contribution is -0.114. The molecular formula is C18H19N5OS. The molecule has 1 amide bonds. The maximum absolute atomic E-state index is 11.3. The Hall–Kier alpha value is -2.80. The van der Waals surface area contributed by atoms with Crippen LogP contribution in [0.2, 0.25) is 0 Å². The van der Waals surface area contributed by atoms with Gasteiger partial charge in [0.1, 0.15) is 0 Å². The van der Waals surface area contributed by atoms with Crippen LogP contribution in [0.5, 0.6) is 0 Å². The van der Waals surface area contributed by atoms with E-state index in [1.165, 1.54) is 6.92 Å². The summed E-state index contributed by atoms with van der Waals surface area (Å²) in [6.07, 6.45) is 1.73. The molecule has 128 valence electrons. The molecule has 2 heterocycles. The first-order valence-electron chi connectivity index (χ1n) is 7.85. The number of amides is 1. The van der Waals surface area contributed by atoms with Crippen molar-refractivity contribution in [2.45, 2.75) is 27.7 Å². The van der Waals surface area contributed by atoms with Crippen LogP contribution >= 0.6 is 11.3 Å². The number of aryl methyl sites for hydroxylation is 2. The van der Waals surface area contributed by atoms with Gasteiger partial charge in [-0.2, -0.15) is 0 Å². The lowest BCUT2D eigenvalue weighted by Gasteiger charge is -2.13. The van der Waals surface area contributed by atoms with E-state index in [4.69, 9.17) is 0 Å². The molecule has 7 heteroatoms. The Labute approximate surface area is 150 Å². The van der Waals surface area contributed by atoms with E-state index in [0.29, 0.717) is 5.95 Å². The second-order valence-corrected chi connectivity index (χ2v) is 6.90. The summed E-state index contributed by atoms with van der Waals surface area (Å²) in [6, 6.07) is 7.55. The van der Waals surface area contributed by atoms with E-state index >= 15 is 0 Å². The molecule has 0 saturated carbocycles. The number of aromatic nitrogens is 3. The maximum Gasteiger partial charge on any atom is 0.227 e. The zero-order valence-electron chi connectivity index (χ0n) is 14.5. The third kappa shape index (κ3) is 3.83. The molecule has 2 N–H and O–H groups in total. The van der Waals surface area contributed by atoms with Crippen molar-refractivity contribution in [2.24, 2.45) is 0 Å². The Balaban J connectivity index is 1.91. The molecular weight excluding hydrogens is 334 g/mol. The molecule has 0 aliphatic carbocycles. The van der Waals surface area contributed by atoms with E-state index in [0.717, 1.165) is 38.2 Å². The average molecular weight is 353 g/mol. The van der Waals surface area contributed by atoms with Crippen molar-refractivity contribution in [3.05, 3.63) is 46.7 Å². The first-order chi connectivity index (χ1) is 11.9. The van der Waals surface area contributed by atoms with Gasteiger partial charge in [-0.05, 0) is 44.5 Å². The Morgan fingerprint density at radius 2 is 1.84 bits per heavy atom. The quantitative estimate of drug-likeness (QED) is 0.734. The Kier molecular flexibility index (Phi) is 4.76. The number of nitrogens with one attached hydrogen (secondary N) is 2. The summed E-state index contributed by atoms with van der Waals surface area (Å²) in [5, 5.41) is 7.07. The van der Waals surface area contributed by atoms with Crippen LogP contribution in [0, 0.1) is 20.8 Å². The predicted molar refractivity (Wildman–Crippen MR) is 101 cm³/mol. The molecule has 0 spiro atoms. The van der Waals surface area contributed by atoms with Gasteiger partial charge in [-0.15, -0.1) is 11.3 Å². The molecule has 0 radical (unpaired) electrons. The van der Waals surface area contributed by atoms with Crippen molar-refractivity contribution < 1.29 is 4.79 Å². The topological polar surface area (TPSA) is 79.8 Å². The van der Waals surface area contributed by atoms with Crippen LogP contribution in [0.15, 0.2) is 30.5 Å². The number of thiazole rings is 1. The highest BCUT2D eigenvalue weighted by Gasteiger charge is 2.11. The molecule has 2 aromatic heterocycles. The summed E-state index contributed by atoms with van der Waals surface area (Å²) in [5.41, 5.74) is 4.35. The molecule has 6 nitrogen and oxygen atoms in total. The number of hydrogen-bond donors (Lipinski definition) is 2. The maximum atomic E-state index is 11.3. The van der Waals surface area contributed by atoms with Crippen molar-refractivity contribution >= 4 is 34.6 Å². The number of hydrogen-bond acceptors (Lipinski definition) is 6. The van der Waals surface area contributed by atoms with Crippen LogP contribution < -0.4 is 10.6 Å². The summed E-state index contributed by atoms with van der Waals surface area (Å²) in [7, 11) is 0. The summed E-state index contributed by atoms with van der Waals surface area (Å²) < 4.78 is 0. The fourth-order valence-electron chi connectivity index (χ4n) is 2.53. The molecule has 0 saturated heterocycles. The zero-order chi connectivity index (χ0) is 18.0. The smallest absolute Gasteiger partial charge is 0.227 e. The van der Waals surface area contributed by atoms with E-state index in [1.54, 1.807) is 17.5 Å². The number of anilines is 3. The lowest BCUT2D eigenvalue weighted by atomic mass is 10.1. The van der Waals surface area contributed by atoms with E-state index < -0.39 is 0 Å². The van der Waals surface area contributed by atoms with Gasteiger partial charge in [-0.25, -0.2) is 15.0 Å². The highest BCUT2D eigenvalue weighted by molar-refractivity contribution is 7.15. The van der Waals surface area contributed by atoms with Crippen molar-refractivity contribution in [1.29, 1.82) is 0 Å². The van der Waals surface area contributed by atoms with E-state index in [1.807, 2.05) is 45.0 Å². The van der Waals surface area contributed by atoms with Crippen LogP contribution in [0.3, 0.4) is 0 Å². The summed E-state index contributed by atoms with van der Waals surface area (Å²) in [4.78, 5) is 25.7. The van der Waals surface area contributed by atoms with Crippen LogP contribution in [-0.2, 0) is 4.79 Å². The van der Waals surface area contributed by atoms with Gasteiger partial charge in [0.2, 0.25) is 11.9 Å². The largest absolute Gasteiger partial charge is 0.326 e. The SMILES string of the molecule is CC(=O)Nc1cccc(Nc2nccc(-c3sc(C)nc3C)n2)c1C. The molecule has 25 heavy (non-hydrogen) atoms. The summed E-state index contributed by atoms with van der Waals surface area (Å²) in [6.45, 7) is 7.40. The Morgan fingerprint density at radius 1 is 1.08 bits per heavy atom. The molecule has 0 bridgehead atoms. The zero-order valence-corrected chi connectivity index (χ0v) is 15.4. The van der Waals surface area contributed by atoms with Gasteiger partial charge in [0.15, 0.2) is 0 Å². The van der Waals surface area contributed by atoms with Gasteiger partial charge in [0.05, 0.1) is 21.3 Å². The summed E-state index contributed by atoms with van der Waals surface area (Å²) in [5.74, 6) is 0.403. The molecule has 3 rings (SSSR count). The summed E-state index contributed by atoms with van der Waals surface area (Å²) >= 11 is 1.62. The van der Waals surface area contributed by atoms with E-state index in [-0.39, 0.29) is 5.91 Å². The van der Waals surface area contributed by atoms with Gasteiger partial charge >= 0.3 is 0 Å². The lowest BCUT2D eigenvalue weighted by Crippen LogP contribution is -2.08. The normalized spacial score (nSPS) is 10.6. The second-order valence-electron chi connectivity index (χ2n) is 5.70. The van der Waals surface area contributed by atoms with Crippen LogP contribution in [0.1, 0.15) is 23.2 Å². The average Bonchev–Trinajstić information content (AvgIpc) is 2.90. The molecule has 1 aromatic carbocycles. The number of rotatable bonds is 4. The molecule has 0 unspecified atom stereocenters. The van der Waals surface area contributed by atoms with Gasteiger partial charge in [-0.3, -0.25) is 4.79 Å². The van der Waals surface area contributed by atoms with Crippen molar-refractivity contribution in [1.82, 2.24) is 15.0 Å². The van der Waals surface area contributed by atoms with Gasteiger partial charge in [-0.1, -0.05) is 6.07 Å². The molecule has 0 atom stereocenters. The van der Waals surface area contributed by atoms with Crippen LogP contribution in [0.4, 0.5) is 17.3 Å². The van der Waals surface area contributed by atoms with Crippen molar-refractivity contribution in [3.63, 3.8) is 0 Å². The standard InChI is InChI=1S/C18H19N5OS/c1-10-14(21-12(3)24)6-5-7-15(10)22-18-19-9-8-16(23-18)17-11(2)20-13(4)25-17/h5-9H,1-4H3,(H,21,24)(H,19,22,23). The van der Waals surface area contributed by atoms with Gasteiger partial charge < -0.3 is 10.6 Å². The van der Waals surface area contributed by atoms with E-state index in [2.05, 4.69) is 25.6 Å². The highest BCUT2D eigenvalue weighted by atomic mass is 32.1. The Bertz CT molecular complexity index is 935. The number of benzene rings is 1. The number of nitrogens with zero attached hydrogens (tertiary/aromatic N) is 3. The molecule has 0 aliphatic rings. The van der Waals surface area contributed by atoms with E-state index in [9.17, 15) is 4.79 Å². The molecule has 3 aromatic rings. The highest BCUT2D eigenvalue weighted by Crippen LogP contribution is 2.30. The first kappa shape index (κ1) is 17.0. The van der Waals surface area contributed by atoms with Crippen LogP contribution in [-0.4, -0.2) is 20.9 Å². The minimum Gasteiger partial charge on any atom is -0.326 e. The first-order valence-corrected chi connectivity index (χ1v) is 8.67. The fraction of sp³-hybridized carbons (Fsp3) is 0.222. The van der Waals surface area contributed by atoms with Gasteiger partial charge in [0, 0.05) is 24.5 Å². The van der Waals surface area contributed by atoms with Gasteiger partial charge in [0.25, 0.3) is 0 Å². The minimum absolute atomic E-state index is 0.102. The van der Waals surface area contributed by atoms with Crippen molar-refractivity contribution in [3.8, 4) is 10.6 Å². The van der Waals surface area contributed by atoms with Crippen molar-refractivity contribution in [2.75, 3.05) is 10.6 Å². The third-order valence-electron chi connectivity index (χ3n) is 3.68. The monoisotopic (exact) mass is 353 g/mol. The molecule has 0 fully saturated rings. The minimum atomic E-state index is -0.102. The molecule has 0 aliphatic heterocycles. The fourth-order valence-corrected chi connectivity index (χ4v) is 3.42. The number of carbonyl (C=O) groups excluding carboxylic acids is 1. The third-order valence-corrected chi connectivity index (χ3v) is 4.78. The second kappa shape index (κ2) is 6.98. The Morgan fingerprint density at radius 3 is 2.52 bits per heavy atom. The predicted octanol–water partition coefficient (Wildman–Crippen LogP) is 4.23. The number of carbonyl (C=O) groups is 1.